The predicted octanol–water partition coefficient (Wildman–Crippen LogP) is 1.24. The molecule has 0 aliphatic heterocycles. The van der Waals surface area contributed by atoms with Gasteiger partial charge in [-0.15, -0.1) is 24.0 Å². The van der Waals surface area contributed by atoms with E-state index in [9.17, 15) is 4.79 Å². The molecular formula is C13H25IN4O. The zero-order valence-electron chi connectivity index (χ0n) is 11.6. The van der Waals surface area contributed by atoms with Gasteiger partial charge < -0.3 is 16.0 Å². The number of halogens is 1. The van der Waals surface area contributed by atoms with Gasteiger partial charge in [-0.3, -0.25) is 9.79 Å². The Morgan fingerprint density at radius 3 is 2.37 bits per heavy atom. The first-order chi connectivity index (χ1) is 8.79. The molecule has 0 aromatic carbocycles. The lowest BCUT2D eigenvalue weighted by Gasteiger charge is -2.24. The smallest absolute Gasteiger partial charge is 0.223 e. The van der Waals surface area contributed by atoms with Crippen LogP contribution in [-0.4, -0.2) is 38.0 Å². The number of carbonyl (C=O) groups is 1. The van der Waals surface area contributed by atoms with Crippen molar-refractivity contribution in [3.63, 3.8) is 0 Å². The van der Waals surface area contributed by atoms with Gasteiger partial charge in [0.05, 0.1) is 0 Å². The maximum absolute atomic E-state index is 11.6. The number of guanidine groups is 1. The molecule has 110 valence electrons. The van der Waals surface area contributed by atoms with Crippen LogP contribution in [0.4, 0.5) is 0 Å². The monoisotopic (exact) mass is 380 g/mol. The number of hydrogen-bond acceptors (Lipinski definition) is 2. The summed E-state index contributed by atoms with van der Waals surface area (Å²) in [5.41, 5.74) is 0. The molecule has 6 heteroatoms. The molecule has 5 nitrogen and oxygen atoms in total. The van der Waals surface area contributed by atoms with Gasteiger partial charge in [0.1, 0.15) is 0 Å². The molecule has 0 heterocycles. The van der Waals surface area contributed by atoms with Gasteiger partial charge in [-0.1, -0.05) is 6.42 Å². The number of amides is 1. The van der Waals surface area contributed by atoms with Gasteiger partial charge in [0.25, 0.3) is 0 Å². The van der Waals surface area contributed by atoms with Crippen LogP contribution in [0.15, 0.2) is 4.99 Å². The van der Waals surface area contributed by atoms with E-state index in [1.807, 2.05) is 0 Å². The molecule has 2 fully saturated rings. The fourth-order valence-electron chi connectivity index (χ4n) is 1.94. The van der Waals surface area contributed by atoms with Gasteiger partial charge >= 0.3 is 0 Å². The standard InChI is InChI=1S/C13H24N4O.HI/c1-14-13(17-11-6-7-11)16-9-3-8-15-12(18)10-4-2-5-10;/h10-11H,2-9H2,1H3,(H,15,18)(H2,14,16,17);1H. The first-order valence-electron chi connectivity index (χ1n) is 7.04. The summed E-state index contributed by atoms with van der Waals surface area (Å²) in [7, 11) is 1.79. The molecule has 0 saturated heterocycles. The highest BCUT2D eigenvalue weighted by atomic mass is 127. The van der Waals surface area contributed by atoms with Gasteiger partial charge in [0.2, 0.25) is 5.91 Å². The topological polar surface area (TPSA) is 65.5 Å². The zero-order valence-corrected chi connectivity index (χ0v) is 13.9. The number of nitrogens with one attached hydrogen (secondary N) is 3. The summed E-state index contributed by atoms with van der Waals surface area (Å²) in [6.07, 6.45) is 6.78. The normalized spacial score (nSPS) is 19.1. The first kappa shape index (κ1) is 16.5. The molecule has 2 aliphatic rings. The average molecular weight is 380 g/mol. The molecular weight excluding hydrogens is 355 g/mol. The highest BCUT2D eigenvalue weighted by Gasteiger charge is 2.24. The predicted molar refractivity (Wildman–Crippen MR) is 87.9 cm³/mol. The maximum Gasteiger partial charge on any atom is 0.223 e. The SMILES string of the molecule is CN=C(NCCCNC(=O)C1CCC1)NC1CC1.I. The lowest BCUT2D eigenvalue weighted by atomic mass is 9.85. The average Bonchev–Trinajstić information content (AvgIpc) is 3.08. The maximum atomic E-state index is 11.6. The molecule has 0 aromatic heterocycles. The molecule has 19 heavy (non-hydrogen) atoms. The Bertz CT molecular complexity index is 314. The minimum absolute atomic E-state index is 0. The molecule has 2 saturated carbocycles. The van der Waals surface area contributed by atoms with Crippen LogP contribution in [0.1, 0.15) is 38.5 Å². The molecule has 0 unspecified atom stereocenters. The minimum Gasteiger partial charge on any atom is -0.356 e. The third-order valence-electron chi connectivity index (χ3n) is 3.56. The van der Waals surface area contributed by atoms with E-state index in [2.05, 4.69) is 20.9 Å². The van der Waals surface area contributed by atoms with Crippen molar-refractivity contribution in [3.8, 4) is 0 Å². The third kappa shape index (κ3) is 5.97. The van der Waals surface area contributed by atoms with Crippen LogP contribution < -0.4 is 16.0 Å². The number of aliphatic imine (C=N–C) groups is 1. The Hall–Kier alpha value is -0.530. The quantitative estimate of drug-likeness (QED) is 0.281. The third-order valence-corrected chi connectivity index (χ3v) is 3.56. The van der Waals surface area contributed by atoms with Crippen molar-refractivity contribution >= 4 is 35.8 Å². The van der Waals surface area contributed by atoms with Crippen LogP contribution in [0.25, 0.3) is 0 Å². The zero-order chi connectivity index (χ0) is 12.8. The molecule has 0 atom stereocenters. The Labute approximate surface area is 132 Å². The van der Waals surface area contributed by atoms with E-state index in [0.29, 0.717) is 12.0 Å². The van der Waals surface area contributed by atoms with Crippen LogP contribution >= 0.6 is 24.0 Å². The van der Waals surface area contributed by atoms with Crippen LogP contribution in [0.3, 0.4) is 0 Å². The Morgan fingerprint density at radius 2 is 1.84 bits per heavy atom. The van der Waals surface area contributed by atoms with Gasteiger partial charge in [-0.25, -0.2) is 0 Å². The van der Waals surface area contributed by atoms with Crippen molar-refractivity contribution in [1.82, 2.24) is 16.0 Å². The second-order valence-corrected chi connectivity index (χ2v) is 5.19. The first-order valence-corrected chi connectivity index (χ1v) is 7.04. The van der Waals surface area contributed by atoms with Crippen molar-refractivity contribution in [2.24, 2.45) is 10.9 Å². The fourth-order valence-corrected chi connectivity index (χ4v) is 1.94. The number of rotatable bonds is 6. The lowest BCUT2D eigenvalue weighted by Crippen LogP contribution is -2.40. The van der Waals surface area contributed by atoms with E-state index in [-0.39, 0.29) is 29.9 Å². The fraction of sp³-hybridized carbons (Fsp3) is 0.846. The van der Waals surface area contributed by atoms with Gasteiger partial charge in [0.15, 0.2) is 5.96 Å². The molecule has 0 spiro atoms. The second-order valence-electron chi connectivity index (χ2n) is 5.19. The molecule has 2 rings (SSSR count). The Balaban J connectivity index is 0.00000180. The summed E-state index contributed by atoms with van der Waals surface area (Å²) < 4.78 is 0. The van der Waals surface area contributed by atoms with Gasteiger partial charge in [-0.2, -0.15) is 0 Å². The van der Waals surface area contributed by atoms with E-state index in [4.69, 9.17) is 0 Å². The van der Waals surface area contributed by atoms with Crippen LogP contribution in [0.5, 0.6) is 0 Å². The molecule has 0 aromatic rings. The summed E-state index contributed by atoms with van der Waals surface area (Å²) in [4.78, 5) is 15.7. The molecule has 0 radical (unpaired) electrons. The molecule has 3 N–H and O–H groups in total. The van der Waals surface area contributed by atoms with Crippen molar-refractivity contribution in [3.05, 3.63) is 0 Å². The minimum atomic E-state index is 0. The summed E-state index contributed by atoms with van der Waals surface area (Å²) in [6, 6.07) is 0.620. The van der Waals surface area contributed by atoms with Crippen molar-refractivity contribution in [2.75, 3.05) is 20.1 Å². The highest BCUT2D eigenvalue weighted by Crippen LogP contribution is 2.25. The highest BCUT2D eigenvalue weighted by molar-refractivity contribution is 14.0. The summed E-state index contributed by atoms with van der Waals surface area (Å²) in [5, 5.41) is 9.58. The molecule has 0 bridgehead atoms. The van der Waals surface area contributed by atoms with E-state index in [1.165, 1.54) is 19.3 Å². The Kier molecular flexibility index (Phi) is 7.48. The second kappa shape index (κ2) is 8.60. The number of nitrogens with zero attached hydrogens (tertiary/aromatic N) is 1. The van der Waals surface area contributed by atoms with E-state index >= 15 is 0 Å². The number of hydrogen-bond donors (Lipinski definition) is 3. The van der Waals surface area contributed by atoms with E-state index in [1.54, 1.807) is 7.05 Å². The lowest BCUT2D eigenvalue weighted by molar-refractivity contribution is -0.127. The van der Waals surface area contributed by atoms with E-state index < -0.39 is 0 Å². The van der Waals surface area contributed by atoms with Crippen molar-refractivity contribution < 1.29 is 4.79 Å². The van der Waals surface area contributed by atoms with Crippen LogP contribution in [-0.2, 0) is 4.79 Å². The van der Waals surface area contributed by atoms with Crippen LogP contribution in [0.2, 0.25) is 0 Å². The van der Waals surface area contributed by atoms with Gasteiger partial charge in [-0.05, 0) is 32.1 Å². The molecule has 2 aliphatic carbocycles. The van der Waals surface area contributed by atoms with E-state index in [0.717, 1.165) is 38.3 Å². The van der Waals surface area contributed by atoms with Crippen molar-refractivity contribution in [2.45, 2.75) is 44.6 Å². The Morgan fingerprint density at radius 1 is 1.16 bits per heavy atom. The number of carbonyl (C=O) groups excluding carboxylic acids is 1. The summed E-state index contributed by atoms with van der Waals surface area (Å²) in [5.74, 6) is 1.41. The largest absolute Gasteiger partial charge is 0.356 e. The van der Waals surface area contributed by atoms with Crippen molar-refractivity contribution in [1.29, 1.82) is 0 Å². The molecule has 1 amide bonds. The summed E-state index contributed by atoms with van der Waals surface area (Å²) in [6.45, 7) is 1.60. The summed E-state index contributed by atoms with van der Waals surface area (Å²) >= 11 is 0. The van der Waals surface area contributed by atoms with Crippen LogP contribution in [0, 0.1) is 5.92 Å². The van der Waals surface area contributed by atoms with Gasteiger partial charge in [0, 0.05) is 32.1 Å².